The van der Waals surface area contributed by atoms with Crippen molar-refractivity contribution in [2.24, 2.45) is 0 Å². The molecule has 1 unspecified atom stereocenters. The molecule has 21 heteroatoms. The quantitative estimate of drug-likeness (QED) is 0.0271. The second-order valence-electron chi connectivity index (χ2n) is 22.3. The number of ether oxygens (including phenoxy) is 7. The number of halogens is 2. The van der Waals surface area contributed by atoms with Crippen molar-refractivity contribution in [3.63, 3.8) is 0 Å². The van der Waals surface area contributed by atoms with E-state index < -0.39 is 62.9 Å². The van der Waals surface area contributed by atoms with Gasteiger partial charge < -0.3 is 43.4 Å². The number of unbranched alkanes of at least 4 members (excludes halogenated alkanes) is 28. The summed E-state index contributed by atoms with van der Waals surface area (Å²) in [5.74, 6) is -3.58. The predicted molar refractivity (Wildman–Crippen MR) is 345 cm³/mol. The summed E-state index contributed by atoms with van der Waals surface area (Å²) in [5, 5.41) is 2.67. The molecule has 0 aliphatic heterocycles. The molecule has 2 aromatic rings. The lowest BCUT2D eigenvalue weighted by Gasteiger charge is -2.20. The van der Waals surface area contributed by atoms with Crippen LogP contribution in [0.3, 0.4) is 0 Å². The smallest absolute Gasteiger partial charge is 0.472 e. The molecule has 2 N–H and O–H groups in total. The van der Waals surface area contributed by atoms with Gasteiger partial charge >= 0.3 is 37.7 Å². The molecule has 0 heterocycles. The first kappa shape index (κ1) is 79.4. The third kappa shape index (κ3) is 36.2. The minimum atomic E-state index is -4.75. The van der Waals surface area contributed by atoms with Crippen molar-refractivity contribution in [2.45, 2.75) is 245 Å². The van der Waals surface area contributed by atoms with Crippen molar-refractivity contribution < 1.29 is 80.4 Å². The molecule has 0 aliphatic rings. The number of carbonyl (C=O) groups is 6. The Morgan fingerprint density at radius 3 is 1.31 bits per heavy atom. The topological polar surface area (TPSA) is 235 Å². The minimum Gasteiger partial charge on any atom is -0.494 e. The fourth-order valence-corrected chi connectivity index (χ4v) is 11.4. The number of nitrogens with one attached hydrogen (secondary N) is 1. The van der Waals surface area contributed by atoms with Crippen LogP contribution < -0.4 is 14.8 Å². The van der Waals surface area contributed by atoms with Crippen LogP contribution in [-0.2, 0) is 56.5 Å². The van der Waals surface area contributed by atoms with Crippen LogP contribution in [-0.4, -0.2) is 108 Å². The monoisotopic (exact) mass is 1300 g/mol. The molecule has 88 heavy (non-hydrogen) atoms. The maximum absolute atomic E-state index is 13.0. The fraction of sp³-hybridized carbons (Fsp3) is 0.701. The van der Waals surface area contributed by atoms with Gasteiger partial charge in [0.2, 0.25) is 5.91 Å². The van der Waals surface area contributed by atoms with Crippen LogP contribution in [0.25, 0.3) is 5.57 Å². The van der Waals surface area contributed by atoms with Gasteiger partial charge in [-0.3, -0.25) is 28.2 Å². The summed E-state index contributed by atoms with van der Waals surface area (Å²) in [6, 6.07) is 6.05. The van der Waals surface area contributed by atoms with Crippen LogP contribution in [0.2, 0.25) is 10.0 Å². The maximum Gasteiger partial charge on any atom is 0.472 e. The second kappa shape index (κ2) is 50.0. The molecule has 0 bridgehead atoms. The summed E-state index contributed by atoms with van der Waals surface area (Å²) >= 11 is 13.1. The first-order chi connectivity index (χ1) is 42.5. The highest BCUT2D eigenvalue weighted by Gasteiger charge is 2.27. The molecule has 2 atom stereocenters. The molecule has 0 spiro atoms. The van der Waals surface area contributed by atoms with Crippen LogP contribution in [0.5, 0.6) is 11.5 Å². The number of hydrogen-bond donors (Lipinski definition) is 2. The van der Waals surface area contributed by atoms with E-state index in [1.807, 2.05) is 0 Å². The van der Waals surface area contributed by atoms with Crippen LogP contribution in [0.4, 0.5) is 0 Å². The number of amides is 1. The molecule has 0 fully saturated rings. The lowest BCUT2D eigenvalue weighted by atomic mass is 9.93. The highest BCUT2D eigenvalue weighted by molar-refractivity contribution is 7.47. The fourth-order valence-electron chi connectivity index (χ4n) is 10.1. The second-order valence-corrected chi connectivity index (χ2v) is 24.6. The largest absolute Gasteiger partial charge is 0.494 e. The Balaban J connectivity index is 1.88. The van der Waals surface area contributed by atoms with Crippen LogP contribution in [0.1, 0.15) is 270 Å². The maximum atomic E-state index is 13.0. The average Bonchev–Trinajstić information content (AvgIpc) is 2.73. The van der Waals surface area contributed by atoms with Gasteiger partial charge in [-0.2, -0.15) is 0 Å². The number of esters is 5. The molecule has 18 nitrogen and oxygen atoms in total. The molecule has 0 radical (unpaired) electrons. The SMILES string of the molecule is CCCCCCCCCCCCCCCCCC(=O)OC[C@H](COP(=O)(O)OCCNC(=O)CCC(=O)OCCC=C(c1cc(Cl)c(OC)c(C(=O)OC)c1)c1cc(Cl)c(OC)c(C(=O)OC)c1)OC(=O)CCCCCCCCCCCCCCCCC. The summed E-state index contributed by atoms with van der Waals surface area (Å²) in [5.41, 5.74) is 1.23. The summed E-state index contributed by atoms with van der Waals surface area (Å²) in [6.07, 6.45) is 36.2. The third-order valence-corrected chi connectivity index (χ3v) is 16.6. The molecule has 0 saturated heterocycles. The zero-order valence-electron chi connectivity index (χ0n) is 53.9. The molecule has 0 aromatic heterocycles. The normalized spacial score (nSPS) is 12.1. The summed E-state index contributed by atoms with van der Waals surface area (Å²) in [7, 11) is 0.354. The van der Waals surface area contributed by atoms with E-state index in [2.05, 4.69) is 19.2 Å². The Kier molecular flexibility index (Phi) is 45.1. The zero-order chi connectivity index (χ0) is 64.6. The van der Waals surface area contributed by atoms with E-state index >= 15 is 0 Å². The minimum absolute atomic E-state index is 0.0147. The third-order valence-electron chi connectivity index (χ3n) is 15.0. The highest BCUT2D eigenvalue weighted by atomic mass is 35.5. The van der Waals surface area contributed by atoms with Crippen molar-refractivity contribution in [1.29, 1.82) is 0 Å². The van der Waals surface area contributed by atoms with Gasteiger partial charge in [-0.1, -0.05) is 223 Å². The van der Waals surface area contributed by atoms with Gasteiger partial charge in [-0.05, 0) is 53.8 Å². The Hall–Kier alpha value is -4.71. The van der Waals surface area contributed by atoms with Crippen molar-refractivity contribution in [1.82, 2.24) is 5.32 Å². The highest BCUT2D eigenvalue weighted by Crippen LogP contribution is 2.43. The number of rotatable bonds is 54. The van der Waals surface area contributed by atoms with Crippen LogP contribution in [0, 0.1) is 0 Å². The summed E-state index contributed by atoms with van der Waals surface area (Å²) < 4.78 is 60.3. The zero-order valence-corrected chi connectivity index (χ0v) is 56.3. The van der Waals surface area contributed by atoms with Gasteiger partial charge in [-0.15, -0.1) is 0 Å². The van der Waals surface area contributed by atoms with E-state index in [9.17, 15) is 38.2 Å². The summed E-state index contributed by atoms with van der Waals surface area (Å²) in [4.78, 5) is 87.3. The summed E-state index contributed by atoms with van der Waals surface area (Å²) in [6.45, 7) is 2.72. The van der Waals surface area contributed by atoms with Crippen molar-refractivity contribution >= 4 is 72.4 Å². The first-order valence-corrected chi connectivity index (χ1v) is 34.8. The Morgan fingerprint density at radius 2 is 0.898 bits per heavy atom. The van der Waals surface area contributed by atoms with Crippen LogP contribution in [0.15, 0.2) is 30.3 Å². The molecular formula is C67H106Cl2NO17P. The van der Waals surface area contributed by atoms with Gasteiger partial charge in [0.15, 0.2) is 17.6 Å². The van der Waals surface area contributed by atoms with Gasteiger partial charge in [0, 0.05) is 32.2 Å². The molecule has 1 amide bonds. The molecular weight excluding hydrogens is 1190 g/mol. The van der Waals surface area contributed by atoms with Gasteiger partial charge in [0.05, 0.1) is 64.7 Å². The van der Waals surface area contributed by atoms with E-state index in [1.165, 1.54) is 194 Å². The van der Waals surface area contributed by atoms with Gasteiger partial charge in [-0.25, -0.2) is 14.2 Å². The van der Waals surface area contributed by atoms with E-state index in [1.54, 1.807) is 6.08 Å². The van der Waals surface area contributed by atoms with E-state index in [0.717, 1.165) is 38.5 Å². The molecule has 500 valence electrons. The van der Waals surface area contributed by atoms with Crippen molar-refractivity contribution in [2.75, 3.05) is 61.4 Å². The molecule has 2 aromatic carbocycles. The number of phosphoric ester groups is 1. The van der Waals surface area contributed by atoms with Crippen LogP contribution >= 0.6 is 31.0 Å². The van der Waals surface area contributed by atoms with Crippen molar-refractivity contribution in [3.05, 3.63) is 62.6 Å². The lowest BCUT2D eigenvalue weighted by Crippen LogP contribution is -2.30. The van der Waals surface area contributed by atoms with E-state index in [0.29, 0.717) is 29.5 Å². The predicted octanol–water partition coefficient (Wildman–Crippen LogP) is 17.0. The molecule has 0 aliphatic carbocycles. The van der Waals surface area contributed by atoms with Gasteiger partial charge in [0.25, 0.3) is 0 Å². The molecule has 0 saturated carbocycles. The number of hydrogen-bond acceptors (Lipinski definition) is 16. The average molecular weight is 1300 g/mol. The van der Waals surface area contributed by atoms with E-state index in [-0.39, 0.29) is 84.5 Å². The van der Waals surface area contributed by atoms with Gasteiger partial charge in [0.1, 0.15) is 17.7 Å². The number of carbonyl (C=O) groups excluding carboxylic acids is 6. The number of benzene rings is 2. The Labute approximate surface area is 535 Å². The first-order valence-electron chi connectivity index (χ1n) is 32.6. The van der Waals surface area contributed by atoms with Crippen molar-refractivity contribution in [3.8, 4) is 11.5 Å². The lowest BCUT2D eigenvalue weighted by molar-refractivity contribution is -0.161. The Morgan fingerprint density at radius 1 is 0.500 bits per heavy atom. The number of methoxy groups -OCH3 is 4. The standard InChI is InChI=1S/C67H106Cl2NO17P/c1-7-9-11-13-15-17-19-21-23-25-27-29-31-33-35-39-61(72)84-50-54(87-63(74)40-36-34-32-30-28-26-24-22-20-18-16-14-12-10-8-2)51-86-88(77,78)85-45-43-70-60(71)41-42-62(73)83-44-37-38-55(52-46-56(66(75)81-5)64(79-3)58(68)48-52)53-47-57(67(76)82-6)65(80-4)59(69)49-53/h38,46-49,54H,7-37,39-45,50-51H2,1-6H3,(H,70,71)(H,77,78)/t54-/m1/s1. The number of phosphoric acid groups is 1. The Bertz CT molecular complexity index is 2330. The van der Waals surface area contributed by atoms with E-state index in [4.69, 9.17) is 65.4 Å². The molecule has 2 rings (SSSR count).